The predicted octanol–water partition coefficient (Wildman–Crippen LogP) is 1.67. The van der Waals surface area contributed by atoms with E-state index in [1.807, 2.05) is 12.1 Å². The lowest BCUT2D eigenvalue weighted by Crippen LogP contribution is -2.34. The summed E-state index contributed by atoms with van der Waals surface area (Å²) in [5.41, 5.74) is 1.69. The van der Waals surface area contributed by atoms with E-state index in [9.17, 15) is 0 Å². The maximum atomic E-state index is 6.00. The minimum atomic E-state index is 0.216. The fourth-order valence-electron chi connectivity index (χ4n) is 2.18. The van der Waals surface area contributed by atoms with E-state index in [0.717, 1.165) is 37.2 Å². The van der Waals surface area contributed by atoms with Gasteiger partial charge in [-0.25, -0.2) is 9.97 Å². The molecule has 0 bridgehead atoms. The maximum Gasteiger partial charge on any atom is 0.240 e. The third-order valence-corrected chi connectivity index (χ3v) is 3.16. The summed E-state index contributed by atoms with van der Waals surface area (Å²) in [5.74, 6) is 0.599. The summed E-state index contributed by atoms with van der Waals surface area (Å²) in [5, 5.41) is 3.32. The van der Waals surface area contributed by atoms with Crippen LogP contribution in [-0.2, 0) is 0 Å². The first-order chi connectivity index (χ1) is 9.43. The molecule has 0 amide bonds. The Morgan fingerprint density at radius 1 is 1.11 bits per heavy atom. The van der Waals surface area contributed by atoms with Gasteiger partial charge in [-0.2, -0.15) is 0 Å². The predicted molar refractivity (Wildman–Crippen MR) is 71.8 cm³/mol. The van der Waals surface area contributed by atoms with Crippen LogP contribution in [0.25, 0.3) is 11.3 Å². The average Bonchev–Trinajstić information content (AvgIpc) is 2.50. The summed E-state index contributed by atoms with van der Waals surface area (Å²) in [4.78, 5) is 12.8. The van der Waals surface area contributed by atoms with Gasteiger partial charge in [0, 0.05) is 30.4 Å². The molecule has 1 fully saturated rings. The Kier molecular flexibility index (Phi) is 3.65. The smallest absolute Gasteiger partial charge is 0.240 e. The van der Waals surface area contributed by atoms with Gasteiger partial charge in [-0.1, -0.05) is 0 Å². The fourth-order valence-corrected chi connectivity index (χ4v) is 2.18. The first-order valence-corrected chi connectivity index (χ1v) is 6.52. The fraction of sp³-hybridized carbons (Fsp3) is 0.357. The van der Waals surface area contributed by atoms with Crippen LogP contribution in [0, 0.1) is 0 Å². The summed E-state index contributed by atoms with van der Waals surface area (Å²) in [7, 11) is 0. The van der Waals surface area contributed by atoms with Crippen molar-refractivity contribution in [2.75, 3.05) is 13.1 Å². The van der Waals surface area contributed by atoms with Crippen molar-refractivity contribution in [2.45, 2.75) is 18.9 Å². The summed E-state index contributed by atoms with van der Waals surface area (Å²) < 4.78 is 6.00. The third-order valence-electron chi connectivity index (χ3n) is 3.16. The number of piperidine rings is 1. The average molecular weight is 256 g/mol. The molecule has 3 rings (SSSR count). The number of aromatic nitrogens is 3. The van der Waals surface area contributed by atoms with Crippen LogP contribution >= 0.6 is 0 Å². The molecule has 0 atom stereocenters. The first kappa shape index (κ1) is 12.0. The summed E-state index contributed by atoms with van der Waals surface area (Å²) >= 11 is 0. The van der Waals surface area contributed by atoms with Gasteiger partial charge in [0.05, 0.1) is 0 Å². The van der Waals surface area contributed by atoms with Gasteiger partial charge < -0.3 is 10.1 Å². The molecule has 0 aromatic carbocycles. The SMILES string of the molecule is c1cncc(-c2nccnc2OC2CCNCC2)c1. The van der Waals surface area contributed by atoms with Crippen molar-refractivity contribution in [3.63, 3.8) is 0 Å². The van der Waals surface area contributed by atoms with Crippen molar-refractivity contribution in [2.24, 2.45) is 0 Å². The van der Waals surface area contributed by atoms with Crippen LogP contribution in [0.5, 0.6) is 5.88 Å². The molecule has 98 valence electrons. The highest BCUT2D eigenvalue weighted by molar-refractivity contribution is 5.62. The van der Waals surface area contributed by atoms with E-state index < -0.39 is 0 Å². The van der Waals surface area contributed by atoms with Gasteiger partial charge in [-0.15, -0.1) is 0 Å². The zero-order valence-electron chi connectivity index (χ0n) is 10.6. The first-order valence-electron chi connectivity index (χ1n) is 6.52. The lowest BCUT2D eigenvalue weighted by Gasteiger charge is -2.23. The highest BCUT2D eigenvalue weighted by Crippen LogP contribution is 2.26. The van der Waals surface area contributed by atoms with Crippen LogP contribution in [0.3, 0.4) is 0 Å². The standard InChI is InChI=1S/C14H16N4O/c1-2-11(10-16-5-1)13-14(18-9-8-17-13)19-12-3-6-15-7-4-12/h1-2,5,8-10,12,15H,3-4,6-7H2. The zero-order chi connectivity index (χ0) is 12.9. The van der Waals surface area contributed by atoms with Crippen LogP contribution in [0.1, 0.15) is 12.8 Å². The monoisotopic (exact) mass is 256 g/mol. The normalized spacial score (nSPS) is 16.2. The molecule has 0 aliphatic carbocycles. The molecule has 0 unspecified atom stereocenters. The Bertz CT molecular complexity index is 526. The van der Waals surface area contributed by atoms with E-state index in [-0.39, 0.29) is 6.10 Å². The van der Waals surface area contributed by atoms with Crippen LogP contribution in [0.2, 0.25) is 0 Å². The quantitative estimate of drug-likeness (QED) is 0.905. The topological polar surface area (TPSA) is 59.9 Å². The second-order valence-corrected chi connectivity index (χ2v) is 4.52. The van der Waals surface area contributed by atoms with Gasteiger partial charge in [0.25, 0.3) is 0 Å². The van der Waals surface area contributed by atoms with E-state index in [2.05, 4.69) is 20.3 Å². The van der Waals surface area contributed by atoms with E-state index >= 15 is 0 Å². The number of hydrogen-bond donors (Lipinski definition) is 1. The molecule has 2 aromatic rings. The van der Waals surface area contributed by atoms with Gasteiger partial charge in [0.15, 0.2) is 0 Å². The number of nitrogens with zero attached hydrogens (tertiary/aromatic N) is 3. The number of ether oxygens (including phenoxy) is 1. The largest absolute Gasteiger partial charge is 0.473 e. The van der Waals surface area contributed by atoms with Gasteiger partial charge in [-0.05, 0) is 38.1 Å². The van der Waals surface area contributed by atoms with Gasteiger partial charge in [0.2, 0.25) is 5.88 Å². The van der Waals surface area contributed by atoms with Crippen molar-refractivity contribution in [3.8, 4) is 17.1 Å². The summed E-state index contributed by atoms with van der Waals surface area (Å²) in [6.45, 7) is 1.99. The van der Waals surface area contributed by atoms with Crippen LogP contribution < -0.4 is 10.1 Å². The Hall–Kier alpha value is -2.01. The van der Waals surface area contributed by atoms with Crippen molar-refractivity contribution < 1.29 is 4.74 Å². The minimum Gasteiger partial charge on any atom is -0.473 e. The van der Waals surface area contributed by atoms with Crippen molar-refractivity contribution >= 4 is 0 Å². The second-order valence-electron chi connectivity index (χ2n) is 4.52. The Balaban J connectivity index is 1.85. The highest BCUT2D eigenvalue weighted by Gasteiger charge is 2.18. The number of hydrogen-bond acceptors (Lipinski definition) is 5. The molecule has 1 saturated heterocycles. The van der Waals surface area contributed by atoms with E-state index in [0.29, 0.717) is 5.88 Å². The van der Waals surface area contributed by atoms with Crippen LogP contribution in [0.4, 0.5) is 0 Å². The molecule has 2 aromatic heterocycles. The molecule has 0 radical (unpaired) electrons. The van der Waals surface area contributed by atoms with Crippen LogP contribution in [-0.4, -0.2) is 34.1 Å². The van der Waals surface area contributed by atoms with Crippen molar-refractivity contribution in [1.82, 2.24) is 20.3 Å². The Morgan fingerprint density at radius 3 is 2.74 bits per heavy atom. The molecule has 1 aliphatic rings. The van der Waals surface area contributed by atoms with Crippen molar-refractivity contribution in [3.05, 3.63) is 36.9 Å². The molecule has 5 nitrogen and oxygen atoms in total. The summed E-state index contributed by atoms with van der Waals surface area (Å²) in [6.07, 6.45) is 9.08. The van der Waals surface area contributed by atoms with Crippen molar-refractivity contribution in [1.29, 1.82) is 0 Å². The van der Waals surface area contributed by atoms with Gasteiger partial charge in [0.1, 0.15) is 11.8 Å². The molecular formula is C14H16N4O. The number of rotatable bonds is 3. The molecule has 0 saturated carbocycles. The molecule has 3 heterocycles. The number of pyridine rings is 1. The van der Waals surface area contributed by atoms with Gasteiger partial charge >= 0.3 is 0 Å². The van der Waals surface area contributed by atoms with E-state index in [1.165, 1.54) is 0 Å². The number of nitrogens with one attached hydrogen (secondary N) is 1. The lowest BCUT2D eigenvalue weighted by molar-refractivity contribution is 0.156. The maximum absolute atomic E-state index is 6.00. The van der Waals surface area contributed by atoms with E-state index in [4.69, 9.17) is 4.74 Å². The molecular weight excluding hydrogens is 240 g/mol. The lowest BCUT2D eigenvalue weighted by atomic mass is 10.1. The van der Waals surface area contributed by atoms with Gasteiger partial charge in [-0.3, -0.25) is 4.98 Å². The second kappa shape index (κ2) is 5.75. The molecule has 1 aliphatic heterocycles. The molecule has 1 N–H and O–H groups in total. The minimum absolute atomic E-state index is 0.216. The molecule has 19 heavy (non-hydrogen) atoms. The highest BCUT2D eigenvalue weighted by atomic mass is 16.5. The molecule has 5 heteroatoms. The van der Waals surface area contributed by atoms with E-state index in [1.54, 1.807) is 24.8 Å². The summed E-state index contributed by atoms with van der Waals surface area (Å²) in [6, 6.07) is 3.85. The van der Waals surface area contributed by atoms with Crippen LogP contribution in [0.15, 0.2) is 36.9 Å². The zero-order valence-corrected chi connectivity index (χ0v) is 10.6. The third kappa shape index (κ3) is 2.88. The Labute approximate surface area is 112 Å². The Morgan fingerprint density at radius 2 is 1.95 bits per heavy atom. The molecule has 0 spiro atoms.